The molecule has 14 heavy (non-hydrogen) atoms. The molecule has 2 saturated carbocycles. The van der Waals surface area contributed by atoms with Gasteiger partial charge in [0.25, 0.3) is 0 Å². The lowest BCUT2D eigenvalue weighted by molar-refractivity contribution is -0.120. The van der Waals surface area contributed by atoms with Gasteiger partial charge in [0.15, 0.2) is 5.82 Å². The minimum atomic E-state index is -0.601. The second-order valence-electron chi connectivity index (χ2n) is 4.18. The van der Waals surface area contributed by atoms with E-state index in [-0.39, 0.29) is 5.91 Å². The zero-order chi connectivity index (χ0) is 9.76. The number of rotatable bonds is 3. The summed E-state index contributed by atoms with van der Waals surface area (Å²) < 4.78 is 5.10. The Labute approximate surface area is 80.7 Å². The lowest BCUT2D eigenvalue weighted by Crippen LogP contribution is -2.29. The van der Waals surface area contributed by atoms with Crippen LogP contribution in [-0.2, 0) is 10.2 Å². The topological polar surface area (TPSA) is 82.0 Å². The first-order chi connectivity index (χ1) is 6.72. The van der Waals surface area contributed by atoms with Crippen molar-refractivity contribution in [2.75, 3.05) is 0 Å². The van der Waals surface area contributed by atoms with E-state index in [4.69, 9.17) is 10.3 Å². The second kappa shape index (κ2) is 2.34. The summed E-state index contributed by atoms with van der Waals surface area (Å²) in [5, 5.41) is 3.85. The van der Waals surface area contributed by atoms with Gasteiger partial charge in [-0.05, 0) is 25.7 Å². The molecular weight excluding hydrogens is 182 g/mol. The van der Waals surface area contributed by atoms with Crippen molar-refractivity contribution < 1.29 is 9.32 Å². The van der Waals surface area contributed by atoms with Crippen molar-refractivity contribution in [2.45, 2.75) is 37.0 Å². The molecule has 1 aromatic rings. The van der Waals surface area contributed by atoms with Crippen molar-refractivity contribution in [1.82, 2.24) is 10.1 Å². The molecule has 0 aliphatic heterocycles. The van der Waals surface area contributed by atoms with Gasteiger partial charge < -0.3 is 10.3 Å². The first kappa shape index (κ1) is 7.96. The Hall–Kier alpha value is -1.39. The van der Waals surface area contributed by atoms with Crippen LogP contribution in [0, 0.1) is 0 Å². The Bertz CT molecular complexity index is 391. The molecule has 0 saturated heterocycles. The molecule has 5 nitrogen and oxygen atoms in total. The lowest BCUT2D eigenvalue weighted by Gasteiger charge is -2.02. The molecule has 0 atom stereocenters. The zero-order valence-electron chi connectivity index (χ0n) is 7.69. The molecule has 2 aliphatic rings. The van der Waals surface area contributed by atoms with Gasteiger partial charge >= 0.3 is 0 Å². The Morgan fingerprint density at radius 3 is 2.71 bits per heavy atom. The van der Waals surface area contributed by atoms with E-state index in [2.05, 4.69) is 10.1 Å². The third-order valence-corrected chi connectivity index (χ3v) is 3.02. The Morgan fingerprint density at radius 1 is 1.50 bits per heavy atom. The molecule has 2 N–H and O–H groups in total. The number of hydrogen-bond acceptors (Lipinski definition) is 4. The summed E-state index contributed by atoms with van der Waals surface area (Å²) in [7, 11) is 0. The molecule has 3 rings (SSSR count). The van der Waals surface area contributed by atoms with Crippen LogP contribution in [-0.4, -0.2) is 16.0 Å². The molecule has 1 amide bonds. The van der Waals surface area contributed by atoms with Crippen LogP contribution in [0.1, 0.15) is 43.3 Å². The van der Waals surface area contributed by atoms with Gasteiger partial charge in [0, 0.05) is 5.92 Å². The van der Waals surface area contributed by atoms with E-state index < -0.39 is 5.41 Å². The highest BCUT2D eigenvalue weighted by Crippen LogP contribution is 2.47. The number of carbonyl (C=O) groups excluding carboxylic acids is 1. The summed E-state index contributed by atoms with van der Waals surface area (Å²) in [4.78, 5) is 15.4. The Kier molecular flexibility index (Phi) is 1.33. The highest BCUT2D eigenvalue weighted by Gasteiger charge is 2.54. The molecule has 0 spiro atoms. The summed E-state index contributed by atoms with van der Waals surface area (Å²) in [5.74, 6) is 1.26. The number of nitrogens with two attached hydrogens (primary N) is 1. The molecule has 5 heteroatoms. The molecule has 0 aromatic carbocycles. The third-order valence-electron chi connectivity index (χ3n) is 3.02. The van der Waals surface area contributed by atoms with Crippen molar-refractivity contribution >= 4 is 5.91 Å². The van der Waals surface area contributed by atoms with Crippen LogP contribution in [0.2, 0.25) is 0 Å². The summed E-state index contributed by atoms with van der Waals surface area (Å²) in [6.07, 6.45) is 3.74. The first-order valence-electron chi connectivity index (χ1n) is 4.86. The maximum Gasteiger partial charge on any atom is 0.231 e. The van der Waals surface area contributed by atoms with Crippen LogP contribution in [0.4, 0.5) is 0 Å². The number of hydrogen-bond donors (Lipinski definition) is 1. The molecule has 0 bridgehead atoms. The number of nitrogens with zero attached hydrogens (tertiary/aromatic N) is 2. The fraction of sp³-hybridized carbons (Fsp3) is 0.667. The minimum Gasteiger partial charge on any atom is -0.369 e. The van der Waals surface area contributed by atoms with Gasteiger partial charge in [0.2, 0.25) is 11.8 Å². The normalized spacial score (nSPS) is 23.4. The third kappa shape index (κ3) is 0.981. The second-order valence-corrected chi connectivity index (χ2v) is 4.18. The molecular formula is C9H11N3O2. The molecule has 2 aliphatic carbocycles. The van der Waals surface area contributed by atoms with Crippen LogP contribution in [0.15, 0.2) is 4.52 Å². The summed E-state index contributed by atoms with van der Waals surface area (Å²) in [6.45, 7) is 0. The lowest BCUT2D eigenvalue weighted by atomic mass is 10.1. The zero-order valence-corrected chi connectivity index (χ0v) is 7.69. The Morgan fingerprint density at radius 2 is 2.21 bits per heavy atom. The van der Waals surface area contributed by atoms with Crippen LogP contribution in [0.25, 0.3) is 0 Å². The van der Waals surface area contributed by atoms with E-state index in [0.717, 1.165) is 25.7 Å². The average molecular weight is 193 g/mol. The summed E-state index contributed by atoms with van der Waals surface area (Å²) >= 11 is 0. The largest absolute Gasteiger partial charge is 0.369 e. The van der Waals surface area contributed by atoms with Gasteiger partial charge in [-0.15, -0.1) is 0 Å². The highest BCUT2D eigenvalue weighted by molar-refractivity contribution is 5.88. The summed E-state index contributed by atoms with van der Waals surface area (Å²) in [6, 6.07) is 0. The molecule has 1 heterocycles. The standard InChI is InChI=1S/C9H11N3O2/c10-7(13)9(3-4-9)8-11-6(14-12-8)5-1-2-5/h5H,1-4H2,(H2,10,13). The van der Waals surface area contributed by atoms with E-state index >= 15 is 0 Å². The first-order valence-corrected chi connectivity index (χ1v) is 4.86. The van der Waals surface area contributed by atoms with E-state index in [1.165, 1.54) is 0 Å². The van der Waals surface area contributed by atoms with Gasteiger partial charge in [-0.25, -0.2) is 0 Å². The maximum atomic E-state index is 11.2. The SMILES string of the molecule is NC(=O)C1(c2noc(C3CC3)n2)CC1. The van der Waals surface area contributed by atoms with E-state index in [0.29, 0.717) is 17.6 Å². The van der Waals surface area contributed by atoms with Crippen LogP contribution in [0.5, 0.6) is 0 Å². The highest BCUT2D eigenvalue weighted by atomic mass is 16.5. The Balaban J connectivity index is 1.92. The fourth-order valence-corrected chi connectivity index (χ4v) is 1.63. The van der Waals surface area contributed by atoms with Crippen LogP contribution >= 0.6 is 0 Å². The maximum absolute atomic E-state index is 11.2. The number of amides is 1. The number of primary amides is 1. The van der Waals surface area contributed by atoms with Gasteiger partial charge in [0.1, 0.15) is 5.41 Å². The van der Waals surface area contributed by atoms with Gasteiger partial charge in [-0.2, -0.15) is 4.98 Å². The monoisotopic (exact) mass is 193 g/mol. The number of aromatic nitrogens is 2. The van der Waals surface area contributed by atoms with Crippen LogP contribution < -0.4 is 5.73 Å². The van der Waals surface area contributed by atoms with Crippen molar-refractivity contribution in [2.24, 2.45) is 5.73 Å². The van der Waals surface area contributed by atoms with Crippen molar-refractivity contribution in [1.29, 1.82) is 0 Å². The van der Waals surface area contributed by atoms with Crippen molar-refractivity contribution in [3.8, 4) is 0 Å². The number of carbonyl (C=O) groups is 1. The van der Waals surface area contributed by atoms with Gasteiger partial charge in [-0.3, -0.25) is 4.79 Å². The predicted molar refractivity (Wildman–Crippen MR) is 46.4 cm³/mol. The van der Waals surface area contributed by atoms with Gasteiger partial charge in [-0.1, -0.05) is 5.16 Å². The smallest absolute Gasteiger partial charge is 0.231 e. The quantitative estimate of drug-likeness (QED) is 0.756. The fourth-order valence-electron chi connectivity index (χ4n) is 1.63. The average Bonchev–Trinajstić information content (AvgIpc) is 3.06. The predicted octanol–water partition coefficient (Wildman–Crippen LogP) is 0.464. The van der Waals surface area contributed by atoms with Crippen LogP contribution in [0.3, 0.4) is 0 Å². The van der Waals surface area contributed by atoms with Crippen molar-refractivity contribution in [3.63, 3.8) is 0 Å². The van der Waals surface area contributed by atoms with Crippen molar-refractivity contribution in [3.05, 3.63) is 11.7 Å². The molecule has 0 unspecified atom stereocenters. The molecule has 2 fully saturated rings. The molecule has 74 valence electrons. The summed E-state index contributed by atoms with van der Waals surface area (Å²) in [5.41, 5.74) is 4.70. The van der Waals surface area contributed by atoms with E-state index in [1.54, 1.807) is 0 Å². The minimum absolute atomic E-state index is 0.333. The van der Waals surface area contributed by atoms with E-state index in [1.807, 2.05) is 0 Å². The van der Waals surface area contributed by atoms with E-state index in [9.17, 15) is 4.79 Å². The molecule has 1 aromatic heterocycles. The van der Waals surface area contributed by atoms with Gasteiger partial charge in [0.05, 0.1) is 0 Å². The molecule has 0 radical (unpaired) electrons.